The predicted molar refractivity (Wildman–Crippen MR) is 95.7 cm³/mol. The number of nitrogens with zero attached hydrogens (tertiary/aromatic N) is 3. The van der Waals surface area contributed by atoms with Crippen molar-refractivity contribution in [2.24, 2.45) is 0 Å². The molecule has 0 saturated carbocycles. The van der Waals surface area contributed by atoms with Crippen molar-refractivity contribution in [3.8, 4) is 5.88 Å². The first-order chi connectivity index (χ1) is 14.0. The zero-order valence-electron chi connectivity index (χ0n) is 16.1. The van der Waals surface area contributed by atoms with Crippen molar-refractivity contribution in [2.45, 2.75) is 45.1 Å². The van der Waals surface area contributed by atoms with Crippen LogP contribution in [0.15, 0.2) is 18.2 Å². The molecule has 0 radical (unpaired) electrons. The summed E-state index contributed by atoms with van der Waals surface area (Å²) >= 11 is 0. The van der Waals surface area contributed by atoms with E-state index in [1.165, 1.54) is 11.8 Å². The second-order valence-corrected chi connectivity index (χ2v) is 6.84. The van der Waals surface area contributed by atoms with Gasteiger partial charge in [0.2, 0.25) is 5.88 Å². The Morgan fingerprint density at radius 3 is 2.40 bits per heavy atom. The molecule has 0 aliphatic carbocycles. The molecule has 2 aromatic rings. The molecule has 1 aliphatic heterocycles. The van der Waals surface area contributed by atoms with Gasteiger partial charge in [-0.25, -0.2) is 4.98 Å². The minimum atomic E-state index is -5.00. The molecule has 2 heterocycles. The van der Waals surface area contributed by atoms with Crippen LogP contribution in [0.4, 0.5) is 37.8 Å². The van der Waals surface area contributed by atoms with Gasteiger partial charge in [0.05, 0.1) is 29.0 Å². The molecule has 0 spiro atoms. The maximum Gasteiger partial charge on any atom is 0.418 e. The van der Waals surface area contributed by atoms with Gasteiger partial charge >= 0.3 is 12.4 Å². The van der Waals surface area contributed by atoms with Gasteiger partial charge in [0.1, 0.15) is 17.7 Å². The maximum atomic E-state index is 13.6. The van der Waals surface area contributed by atoms with E-state index in [1.54, 1.807) is 6.92 Å². The molecule has 0 saturated heterocycles. The Morgan fingerprint density at radius 2 is 1.83 bits per heavy atom. The average Bonchev–Trinajstić information content (AvgIpc) is 3.07. The van der Waals surface area contributed by atoms with Crippen molar-refractivity contribution in [3.63, 3.8) is 0 Å². The molecule has 1 aromatic carbocycles. The van der Waals surface area contributed by atoms with E-state index in [1.807, 2.05) is 0 Å². The second-order valence-electron chi connectivity index (χ2n) is 6.84. The lowest BCUT2D eigenvalue weighted by atomic mass is 10.1. The van der Waals surface area contributed by atoms with E-state index in [9.17, 15) is 31.4 Å². The lowest BCUT2D eigenvalue weighted by Crippen LogP contribution is -2.22. The number of aromatic nitrogens is 2. The summed E-state index contributed by atoms with van der Waals surface area (Å²) in [5.74, 6) is 0.529. The first kappa shape index (κ1) is 22.1. The molecule has 0 amide bonds. The Morgan fingerprint density at radius 1 is 1.13 bits per heavy atom. The summed E-state index contributed by atoms with van der Waals surface area (Å²) in [4.78, 5) is 9.61. The number of ether oxygens (including phenoxy) is 1. The fourth-order valence-electron chi connectivity index (χ4n) is 3.24. The standard InChI is InChI=1S/C19H19F6N3O2/c1-3-12(9-29)30-17-13-6-7-28(16(13)26-10(2)27-17)15-5-4-11(18(20,21)22)8-14(15)19(23,24)25/h4-5,8,12,29H,3,6-7,9H2,1-2H3. The lowest BCUT2D eigenvalue weighted by molar-refractivity contribution is -0.142. The van der Waals surface area contributed by atoms with Crippen molar-refractivity contribution in [2.75, 3.05) is 18.1 Å². The third-order valence-corrected chi connectivity index (χ3v) is 4.76. The van der Waals surface area contributed by atoms with Gasteiger partial charge in [0.25, 0.3) is 0 Å². The summed E-state index contributed by atoms with van der Waals surface area (Å²) in [6, 6.07) is 1.53. The molecule has 3 rings (SSSR count). The number of hydrogen-bond donors (Lipinski definition) is 1. The zero-order chi connectivity index (χ0) is 22.3. The topological polar surface area (TPSA) is 58.5 Å². The van der Waals surface area contributed by atoms with E-state index in [-0.39, 0.29) is 43.2 Å². The van der Waals surface area contributed by atoms with Gasteiger partial charge in [-0.05, 0) is 38.0 Å². The van der Waals surface area contributed by atoms with Crippen molar-refractivity contribution in [1.82, 2.24) is 9.97 Å². The normalized spacial score (nSPS) is 15.3. The number of halogens is 6. The largest absolute Gasteiger partial charge is 0.472 e. The smallest absolute Gasteiger partial charge is 0.418 e. The van der Waals surface area contributed by atoms with E-state index in [4.69, 9.17) is 4.74 Å². The van der Waals surface area contributed by atoms with Crippen LogP contribution in [0.1, 0.15) is 35.9 Å². The van der Waals surface area contributed by atoms with Crippen LogP contribution in [0.2, 0.25) is 0 Å². The predicted octanol–water partition coefficient (Wildman–Crippen LogP) is 4.67. The monoisotopic (exact) mass is 435 g/mol. The molecule has 0 fully saturated rings. The van der Waals surface area contributed by atoms with Crippen LogP contribution in [-0.4, -0.2) is 34.3 Å². The molecule has 1 aliphatic rings. The van der Waals surface area contributed by atoms with Crippen LogP contribution in [0.25, 0.3) is 0 Å². The number of benzene rings is 1. The minimum absolute atomic E-state index is 0.0637. The van der Waals surface area contributed by atoms with Gasteiger partial charge in [-0.1, -0.05) is 6.92 Å². The van der Waals surface area contributed by atoms with Gasteiger partial charge in [0, 0.05) is 6.54 Å². The van der Waals surface area contributed by atoms with E-state index < -0.39 is 35.3 Å². The Balaban J connectivity index is 2.10. The van der Waals surface area contributed by atoms with Crippen LogP contribution in [0.3, 0.4) is 0 Å². The summed E-state index contributed by atoms with van der Waals surface area (Å²) in [7, 11) is 0. The van der Waals surface area contributed by atoms with Gasteiger partial charge < -0.3 is 14.7 Å². The first-order valence-electron chi connectivity index (χ1n) is 9.16. The molecule has 0 bridgehead atoms. The fourth-order valence-corrected chi connectivity index (χ4v) is 3.24. The molecule has 1 unspecified atom stereocenters. The average molecular weight is 435 g/mol. The highest BCUT2D eigenvalue weighted by Gasteiger charge is 2.41. The molecule has 30 heavy (non-hydrogen) atoms. The summed E-state index contributed by atoms with van der Waals surface area (Å²) in [5.41, 5.74) is -2.76. The Bertz CT molecular complexity index is 926. The van der Waals surface area contributed by atoms with Crippen LogP contribution >= 0.6 is 0 Å². The molecule has 1 N–H and O–H groups in total. The lowest BCUT2D eigenvalue weighted by Gasteiger charge is -2.24. The number of aryl methyl sites for hydroxylation is 1. The van der Waals surface area contributed by atoms with Gasteiger partial charge in [-0.3, -0.25) is 0 Å². The fraction of sp³-hybridized carbons (Fsp3) is 0.474. The molecule has 5 nitrogen and oxygen atoms in total. The third-order valence-electron chi connectivity index (χ3n) is 4.76. The molecular formula is C19H19F6N3O2. The number of aliphatic hydroxyl groups excluding tert-OH is 1. The van der Waals surface area contributed by atoms with E-state index in [2.05, 4.69) is 9.97 Å². The summed E-state index contributed by atoms with van der Waals surface area (Å²) in [6.07, 6.45) is -9.72. The maximum absolute atomic E-state index is 13.6. The second kappa shape index (κ2) is 7.93. The zero-order valence-corrected chi connectivity index (χ0v) is 16.1. The summed E-state index contributed by atoms with van der Waals surface area (Å²) in [5, 5.41) is 9.36. The van der Waals surface area contributed by atoms with E-state index >= 15 is 0 Å². The molecule has 11 heteroatoms. The van der Waals surface area contributed by atoms with E-state index in [0.29, 0.717) is 18.1 Å². The summed E-state index contributed by atoms with van der Waals surface area (Å²) < 4.78 is 85.3. The Labute approximate surface area is 168 Å². The van der Waals surface area contributed by atoms with Crippen molar-refractivity contribution < 1.29 is 36.2 Å². The third kappa shape index (κ3) is 4.30. The Kier molecular flexibility index (Phi) is 5.85. The van der Waals surface area contributed by atoms with Crippen LogP contribution in [0.5, 0.6) is 5.88 Å². The van der Waals surface area contributed by atoms with Gasteiger partial charge in [-0.15, -0.1) is 0 Å². The van der Waals surface area contributed by atoms with Crippen molar-refractivity contribution in [3.05, 3.63) is 40.7 Å². The van der Waals surface area contributed by atoms with Gasteiger partial charge in [0.15, 0.2) is 0 Å². The van der Waals surface area contributed by atoms with E-state index in [0.717, 1.165) is 6.07 Å². The van der Waals surface area contributed by atoms with Gasteiger partial charge in [-0.2, -0.15) is 31.3 Å². The summed E-state index contributed by atoms with van der Waals surface area (Å²) in [6.45, 7) is 3.11. The SMILES string of the molecule is CCC(CO)Oc1nc(C)nc2c1CCN2c1ccc(C(F)(F)F)cc1C(F)(F)F. The number of anilines is 2. The number of fused-ring (bicyclic) bond motifs is 1. The van der Waals surface area contributed by atoms with Crippen molar-refractivity contribution in [1.29, 1.82) is 0 Å². The highest BCUT2D eigenvalue weighted by molar-refractivity contribution is 5.71. The van der Waals surface area contributed by atoms with Crippen LogP contribution in [0, 0.1) is 6.92 Å². The molecule has 164 valence electrons. The highest BCUT2D eigenvalue weighted by atomic mass is 19.4. The minimum Gasteiger partial charge on any atom is -0.472 e. The number of aliphatic hydroxyl groups is 1. The number of alkyl halides is 6. The first-order valence-corrected chi connectivity index (χ1v) is 9.16. The highest BCUT2D eigenvalue weighted by Crippen LogP contribution is 2.45. The molecular weight excluding hydrogens is 416 g/mol. The van der Waals surface area contributed by atoms with Crippen LogP contribution < -0.4 is 9.64 Å². The quantitative estimate of drug-likeness (QED) is 0.692. The number of rotatable bonds is 5. The molecule has 1 atom stereocenters. The Hall–Kier alpha value is -2.56. The van der Waals surface area contributed by atoms with Crippen molar-refractivity contribution >= 4 is 11.5 Å². The molecule has 1 aromatic heterocycles. The van der Waals surface area contributed by atoms with Crippen LogP contribution in [-0.2, 0) is 18.8 Å². The number of hydrogen-bond acceptors (Lipinski definition) is 5.